The predicted octanol–water partition coefficient (Wildman–Crippen LogP) is 3.34. The van der Waals surface area contributed by atoms with Crippen LogP contribution in [0.2, 0.25) is 0 Å². The summed E-state index contributed by atoms with van der Waals surface area (Å²) >= 11 is 1.89. The van der Waals surface area contributed by atoms with E-state index >= 15 is 0 Å². The fourth-order valence-electron chi connectivity index (χ4n) is 3.39. The quantitative estimate of drug-likeness (QED) is 0.931. The van der Waals surface area contributed by atoms with Gasteiger partial charge in [-0.15, -0.1) is 11.3 Å². The fourth-order valence-corrected chi connectivity index (χ4v) is 4.38. The van der Waals surface area contributed by atoms with Gasteiger partial charge < -0.3 is 15.0 Å². The molecule has 0 saturated carbocycles. The SMILES string of the molecule is CCOC(=O)N1CCC(NC2CCCc3sccc32)CC1. The zero-order valence-electron chi connectivity index (χ0n) is 12.6. The molecule has 1 amide bonds. The van der Waals surface area contributed by atoms with Crippen molar-refractivity contribution in [3.8, 4) is 0 Å². The number of amides is 1. The van der Waals surface area contributed by atoms with E-state index in [1.165, 1.54) is 24.8 Å². The van der Waals surface area contributed by atoms with Gasteiger partial charge in [-0.05, 0) is 56.0 Å². The molecule has 3 rings (SSSR count). The first kappa shape index (κ1) is 14.9. The second-order valence-corrected chi connectivity index (χ2v) is 6.87. The Balaban J connectivity index is 1.51. The van der Waals surface area contributed by atoms with E-state index in [1.807, 2.05) is 23.2 Å². The lowest BCUT2D eigenvalue weighted by molar-refractivity contribution is 0.0939. The Bertz CT molecular complexity index is 480. The number of hydrogen-bond donors (Lipinski definition) is 1. The van der Waals surface area contributed by atoms with Gasteiger partial charge in [-0.25, -0.2) is 4.79 Å². The molecule has 1 aliphatic carbocycles. The number of aryl methyl sites for hydroxylation is 1. The highest BCUT2D eigenvalue weighted by Crippen LogP contribution is 2.34. The summed E-state index contributed by atoms with van der Waals surface area (Å²) in [5.74, 6) is 0. The fraction of sp³-hybridized carbons (Fsp3) is 0.688. The average molecular weight is 308 g/mol. The zero-order valence-corrected chi connectivity index (χ0v) is 13.5. The van der Waals surface area contributed by atoms with Crippen LogP contribution in [0, 0.1) is 0 Å². The molecule has 1 fully saturated rings. The van der Waals surface area contributed by atoms with Crippen molar-refractivity contribution in [2.45, 2.75) is 51.1 Å². The van der Waals surface area contributed by atoms with Gasteiger partial charge >= 0.3 is 6.09 Å². The van der Waals surface area contributed by atoms with Gasteiger partial charge in [0, 0.05) is 30.1 Å². The zero-order chi connectivity index (χ0) is 14.7. The molecule has 1 N–H and O–H groups in total. The molecule has 4 nitrogen and oxygen atoms in total. The van der Waals surface area contributed by atoms with Crippen LogP contribution in [-0.4, -0.2) is 36.7 Å². The van der Waals surface area contributed by atoms with Crippen molar-refractivity contribution in [1.29, 1.82) is 0 Å². The Morgan fingerprint density at radius 3 is 3.00 bits per heavy atom. The van der Waals surface area contributed by atoms with Crippen LogP contribution in [0.1, 0.15) is 49.1 Å². The smallest absolute Gasteiger partial charge is 0.409 e. The highest BCUT2D eigenvalue weighted by molar-refractivity contribution is 7.10. The van der Waals surface area contributed by atoms with E-state index in [0.717, 1.165) is 25.9 Å². The maximum absolute atomic E-state index is 11.7. The van der Waals surface area contributed by atoms with E-state index in [4.69, 9.17) is 4.74 Å². The molecule has 0 spiro atoms. The van der Waals surface area contributed by atoms with Gasteiger partial charge in [0.1, 0.15) is 0 Å². The van der Waals surface area contributed by atoms with Gasteiger partial charge in [0.15, 0.2) is 0 Å². The summed E-state index contributed by atoms with van der Waals surface area (Å²) in [6.07, 6.45) is 5.65. The summed E-state index contributed by atoms with van der Waals surface area (Å²) in [5, 5.41) is 6.04. The molecule has 2 heterocycles. The van der Waals surface area contributed by atoms with Crippen LogP contribution in [0.25, 0.3) is 0 Å². The third kappa shape index (κ3) is 3.40. The van der Waals surface area contributed by atoms with Crippen molar-refractivity contribution in [3.05, 3.63) is 21.9 Å². The largest absolute Gasteiger partial charge is 0.450 e. The van der Waals surface area contributed by atoms with Crippen LogP contribution in [0.4, 0.5) is 4.79 Å². The molecule has 0 radical (unpaired) electrons. The third-order valence-corrected chi connectivity index (χ3v) is 5.51. The predicted molar refractivity (Wildman–Crippen MR) is 84.8 cm³/mol. The van der Waals surface area contributed by atoms with Crippen LogP contribution in [0.15, 0.2) is 11.4 Å². The highest BCUT2D eigenvalue weighted by Gasteiger charge is 2.27. The molecule has 0 bridgehead atoms. The van der Waals surface area contributed by atoms with Crippen molar-refractivity contribution in [1.82, 2.24) is 10.2 Å². The summed E-state index contributed by atoms with van der Waals surface area (Å²) in [7, 11) is 0. The maximum atomic E-state index is 11.7. The second kappa shape index (κ2) is 6.79. The van der Waals surface area contributed by atoms with Gasteiger partial charge in [-0.3, -0.25) is 0 Å². The summed E-state index contributed by atoms with van der Waals surface area (Å²) in [6.45, 7) is 3.92. The minimum absolute atomic E-state index is 0.159. The van der Waals surface area contributed by atoms with Gasteiger partial charge in [0.25, 0.3) is 0 Å². The van der Waals surface area contributed by atoms with Crippen molar-refractivity contribution in [3.63, 3.8) is 0 Å². The molecule has 1 saturated heterocycles. The molecule has 1 aliphatic heterocycles. The van der Waals surface area contributed by atoms with Gasteiger partial charge in [-0.2, -0.15) is 0 Å². The Kier molecular flexibility index (Phi) is 4.80. The maximum Gasteiger partial charge on any atom is 0.409 e. The van der Waals surface area contributed by atoms with E-state index in [9.17, 15) is 4.79 Å². The Morgan fingerprint density at radius 1 is 1.43 bits per heavy atom. The first-order valence-electron chi connectivity index (χ1n) is 8.02. The van der Waals surface area contributed by atoms with Crippen molar-refractivity contribution in [2.24, 2.45) is 0 Å². The van der Waals surface area contributed by atoms with Crippen LogP contribution in [-0.2, 0) is 11.2 Å². The summed E-state index contributed by atoms with van der Waals surface area (Å²) in [6, 6.07) is 3.32. The number of hydrogen-bond acceptors (Lipinski definition) is 4. The van der Waals surface area contributed by atoms with E-state index < -0.39 is 0 Å². The highest BCUT2D eigenvalue weighted by atomic mass is 32.1. The van der Waals surface area contributed by atoms with E-state index in [-0.39, 0.29) is 6.09 Å². The Morgan fingerprint density at radius 2 is 2.24 bits per heavy atom. The van der Waals surface area contributed by atoms with Crippen LogP contribution in [0.5, 0.6) is 0 Å². The number of ether oxygens (including phenoxy) is 1. The van der Waals surface area contributed by atoms with Crippen molar-refractivity contribution < 1.29 is 9.53 Å². The lowest BCUT2D eigenvalue weighted by atomic mass is 9.92. The third-order valence-electron chi connectivity index (χ3n) is 4.51. The Hall–Kier alpha value is -1.07. The number of rotatable bonds is 3. The number of likely N-dealkylation sites (tertiary alicyclic amines) is 1. The molecule has 21 heavy (non-hydrogen) atoms. The lowest BCUT2D eigenvalue weighted by Gasteiger charge is -2.35. The first-order chi connectivity index (χ1) is 10.3. The number of nitrogens with zero attached hydrogens (tertiary/aromatic N) is 1. The number of nitrogens with one attached hydrogen (secondary N) is 1. The number of thiophene rings is 1. The topological polar surface area (TPSA) is 41.6 Å². The molecule has 2 aliphatic rings. The average Bonchev–Trinajstić information content (AvgIpc) is 2.98. The molecule has 0 aromatic carbocycles. The minimum atomic E-state index is -0.159. The van der Waals surface area contributed by atoms with Crippen LogP contribution < -0.4 is 5.32 Å². The molecule has 5 heteroatoms. The second-order valence-electron chi connectivity index (χ2n) is 5.87. The van der Waals surface area contributed by atoms with Crippen molar-refractivity contribution >= 4 is 17.4 Å². The van der Waals surface area contributed by atoms with E-state index in [1.54, 1.807) is 4.88 Å². The lowest BCUT2D eigenvalue weighted by Crippen LogP contribution is -2.46. The minimum Gasteiger partial charge on any atom is -0.450 e. The van der Waals surface area contributed by atoms with Gasteiger partial charge in [0.05, 0.1) is 6.61 Å². The molecular weight excluding hydrogens is 284 g/mol. The van der Waals surface area contributed by atoms with Gasteiger partial charge in [-0.1, -0.05) is 0 Å². The standard InChI is InChI=1S/C16H24N2O2S/c1-2-20-16(19)18-9-6-12(7-10-18)17-14-4-3-5-15-13(14)8-11-21-15/h8,11-12,14,17H,2-7,9-10H2,1H3. The molecule has 1 atom stereocenters. The van der Waals surface area contributed by atoms with E-state index in [2.05, 4.69) is 16.8 Å². The molecule has 1 aromatic heterocycles. The van der Waals surface area contributed by atoms with Crippen LogP contribution >= 0.6 is 11.3 Å². The molecule has 1 aromatic rings. The van der Waals surface area contributed by atoms with Crippen molar-refractivity contribution in [2.75, 3.05) is 19.7 Å². The summed E-state index contributed by atoms with van der Waals surface area (Å²) in [4.78, 5) is 15.1. The monoisotopic (exact) mass is 308 g/mol. The number of carbonyl (C=O) groups is 1. The van der Waals surface area contributed by atoms with E-state index in [0.29, 0.717) is 18.7 Å². The normalized spacial score (nSPS) is 22.9. The Labute approximate surface area is 130 Å². The number of piperidine rings is 1. The first-order valence-corrected chi connectivity index (χ1v) is 8.90. The number of carbonyl (C=O) groups excluding carboxylic acids is 1. The number of fused-ring (bicyclic) bond motifs is 1. The van der Waals surface area contributed by atoms with Crippen LogP contribution in [0.3, 0.4) is 0 Å². The van der Waals surface area contributed by atoms with Gasteiger partial charge in [0.2, 0.25) is 0 Å². The molecule has 116 valence electrons. The molecular formula is C16H24N2O2S. The molecule has 1 unspecified atom stereocenters. The summed E-state index contributed by atoms with van der Waals surface area (Å²) < 4.78 is 5.07. The summed E-state index contributed by atoms with van der Waals surface area (Å²) in [5.41, 5.74) is 1.51.